The van der Waals surface area contributed by atoms with E-state index in [0.29, 0.717) is 5.82 Å². The average Bonchev–Trinajstić information content (AvgIpc) is 0.704. The van der Waals surface area contributed by atoms with E-state index in [4.69, 9.17) is 9.97 Å². The number of nitrogens with zero attached hydrogens (tertiary/aromatic N) is 4. The molecule has 0 unspecified atom stereocenters. The SMILES string of the molecule is CC(C)(C)c1cc(-c2cc(-c3cc(C(C)(C)C)cc(C(C)(C)C)c3)nc(-c3cc4c5c(c3)N(c3ccc(-c6ccccc6)cc3)c3cc6ccccc6cc3B5c3cc5ccccc5cc3N4c3ccc(-c4ccccc4)cc3)n2)cc(C(C)(C)C)c1. The van der Waals surface area contributed by atoms with E-state index in [2.05, 4.69) is 329 Å². The highest BCUT2D eigenvalue weighted by molar-refractivity contribution is 7.00. The molecule has 11 aromatic carbocycles. The summed E-state index contributed by atoms with van der Waals surface area (Å²) in [6, 6.07) is 88.7. The summed E-state index contributed by atoms with van der Waals surface area (Å²) in [6.45, 7) is 27.7. The first-order valence-electron chi connectivity index (χ1n) is 31.0. The largest absolute Gasteiger partial charge is 0.311 e. The Morgan fingerprint density at radius 1 is 0.276 bits per heavy atom. The van der Waals surface area contributed by atoms with E-state index in [1.54, 1.807) is 0 Å². The fourth-order valence-electron chi connectivity index (χ4n) is 13.1. The van der Waals surface area contributed by atoms with Gasteiger partial charge in [-0.1, -0.05) is 241 Å². The van der Waals surface area contributed by atoms with Crippen LogP contribution in [0.25, 0.3) is 77.7 Å². The first-order valence-corrected chi connectivity index (χ1v) is 31.0. The molecular formula is C82H75BN4. The molecule has 3 heterocycles. The van der Waals surface area contributed by atoms with Crippen LogP contribution in [-0.2, 0) is 21.7 Å². The Morgan fingerprint density at radius 3 is 0.943 bits per heavy atom. The molecule has 12 aromatic rings. The maximum atomic E-state index is 5.86. The minimum atomic E-state index is -0.127. The highest BCUT2D eigenvalue weighted by atomic mass is 15.2. The molecule has 4 nitrogen and oxygen atoms in total. The van der Waals surface area contributed by atoms with Gasteiger partial charge in [0.1, 0.15) is 0 Å². The van der Waals surface area contributed by atoms with Gasteiger partial charge in [-0.3, -0.25) is 0 Å². The second kappa shape index (κ2) is 20.7. The van der Waals surface area contributed by atoms with E-state index in [1.165, 1.54) is 82.4 Å². The molecule has 0 fully saturated rings. The third-order valence-corrected chi connectivity index (χ3v) is 18.2. The van der Waals surface area contributed by atoms with Crippen molar-refractivity contribution in [1.29, 1.82) is 0 Å². The molecule has 0 saturated heterocycles. The van der Waals surface area contributed by atoms with Crippen molar-refractivity contribution < 1.29 is 0 Å². The fourth-order valence-corrected chi connectivity index (χ4v) is 13.1. The predicted molar refractivity (Wildman–Crippen MR) is 373 cm³/mol. The molecule has 0 saturated carbocycles. The van der Waals surface area contributed by atoms with Gasteiger partial charge in [0.05, 0.1) is 11.4 Å². The number of benzene rings is 11. The molecule has 2 aliphatic rings. The lowest BCUT2D eigenvalue weighted by molar-refractivity contribution is 0.568. The molecule has 5 heteroatoms. The van der Waals surface area contributed by atoms with Gasteiger partial charge in [-0.05, 0) is 183 Å². The van der Waals surface area contributed by atoms with Gasteiger partial charge < -0.3 is 9.80 Å². The highest BCUT2D eigenvalue weighted by Gasteiger charge is 2.44. The number of anilines is 6. The molecule has 0 amide bonds. The van der Waals surface area contributed by atoms with E-state index in [0.717, 1.165) is 62.2 Å². The molecule has 426 valence electrons. The molecule has 2 aliphatic heterocycles. The summed E-state index contributed by atoms with van der Waals surface area (Å²) < 4.78 is 0. The van der Waals surface area contributed by atoms with E-state index in [-0.39, 0.29) is 28.4 Å². The summed E-state index contributed by atoms with van der Waals surface area (Å²) in [7, 11) is 0. The van der Waals surface area contributed by atoms with Crippen molar-refractivity contribution in [3.63, 3.8) is 0 Å². The summed E-state index contributed by atoms with van der Waals surface area (Å²) in [5, 5.41) is 4.81. The van der Waals surface area contributed by atoms with Crippen molar-refractivity contribution in [3.05, 3.63) is 259 Å². The normalized spacial score (nSPS) is 13.2. The van der Waals surface area contributed by atoms with Gasteiger partial charge in [0.2, 0.25) is 0 Å². The van der Waals surface area contributed by atoms with Crippen molar-refractivity contribution >= 4 is 78.8 Å². The zero-order chi connectivity index (χ0) is 60.3. The Labute approximate surface area is 515 Å². The molecule has 0 atom stereocenters. The van der Waals surface area contributed by atoms with Gasteiger partial charge in [0.15, 0.2) is 5.82 Å². The molecule has 1 aromatic heterocycles. The minimum absolute atomic E-state index is 0.107. The zero-order valence-corrected chi connectivity index (χ0v) is 52.4. The first-order chi connectivity index (χ1) is 41.6. The van der Waals surface area contributed by atoms with Crippen LogP contribution in [0.2, 0.25) is 0 Å². The van der Waals surface area contributed by atoms with Crippen LogP contribution in [0.1, 0.15) is 105 Å². The van der Waals surface area contributed by atoms with Crippen LogP contribution in [0.4, 0.5) is 34.1 Å². The van der Waals surface area contributed by atoms with Crippen LogP contribution in [0.15, 0.2) is 237 Å². The van der Waals surface area contributed by atoms with Crippen LogP contribution in [0.3, 0.4) is 0 Å². The second-order valence-corrected chi connectivity index (χ2v) is 28.4. The summed E-state index contributed by atoms with van der Waals surface area (Å²) >= 11 is 0. The molecule has 87 heavy (non-hydrogen) atoms. The molecule has 14 rings (SSSR count). The quantitative estimate of drug-likeness (QED) is 0.149. The second-order valence-electron chi connectivity index (χ2n) is 28.4. The zero-order valence-electron chi connectivity index (χ0n) is 52.4. The smallest absolute Gasteiger partial charge is 0.252 e. The Kier molecular flexibility index (Phi) is 13.2. The van der Waals surface area contributed by atoms with Crippen molar-refractivity contribution in [3.8, 4) is 56.2 Å². The number of aromatic nitrogens is 2. The monoisotopic (exact) mass is 1130 g/mol. The van der Waals surface area contributed by atoms with Crippen molar-refractivity contribution in [2.75, 3.05) is 9.80 Å². The maximum absolute atomic E-state index is 5.86. The number of hydrogen-bond donors (Lipinski definition) is 0. The van der Waals surface area contributed by atoms with E-state index < -0.39 is 0 Å². The van der Waals surface area contributed by atoms with Crippen LogP contribution in [0, 0.1) is 0 Å². The predicted octanol–water partition coefficient (Wildman–Crippen LogP) is 20.4. The van der Waals surface area contributed by atoms with Crippen LogP contribution >= 0.6 is 0 Å². The van der Waals surface area contributed by atoms with Gasteiger partial charge in [-0.2, -0.15) is 0 Å². The average molecular weight is 1130 g/mol. The van der Waals surface area contributed by atoms with Crippen molar-refractivity contribution in [1.82, 2.24) is 9.97 Å². The molecule has 0 N–H and O–H groups in total. The molecular weight excluding hydrogens is 1050 g/mol. The van der Waals surface area contributed by atoms with E-state index in [9.17, 15) is 0 Å². The Balaban J connectivity index is 1.10. The first kappa shape index (κ1) is 55.6. The van der Waals surface area contributed by atoms with Gasteiger partial charge >= 0.3 is 0 Å². The number of hydrogen-bond acceptors (Lipinski definition) is 4. The van der Waals surface area contributed by atoms with Gasteiger partial charge in [0, 0.05) is 50.8 Å². The Bertz CT molecular complexity index is 4300. The van der Waals surface area contributed by atoms with Gasteiger partial charge in [-0.15, -0.1) is 0 Å². The van der Waals surface area contributed by atoms with Crippen LogP contribution < -0.4 is 26.2 Å². The number of fused-ring (bicyclic) bond motifs is 6. The fraction of sp³-hybridized carbons (Fsp3) is 0.195. The summed E-state index contributed by atoms with van der Waals surface area (Å²) in [6.07, 6.45) is 0. The molecule has 0 radical (unpaired) electrons. The number of rotatable bonds is 7. The Hall–Kier alpha value is -9.32. The standard InChI is InChI=1S/C82H75BN4/c1-79(2,3)63-39-60(40-64(49-63)80(4,5)6)71-51-72(61-41-65(81(7,8)9)50-66(42-61)82(10,11)12)85-78(84-71)62-47-75-77-76(48-62)87(68-37-33-55(34-38-68)53-25-17-14-18-26-53)74-46-59-30-22-20-28-57(59)44-70(74)83(77)69-43-56-27-19-21-29-58(56)45-73(69)86(75)67-35-31-54(32-36-67)52-23-15-13-16-24-52/h13-51H,1-12H3. The topological polar surface area (TPSA) is 32.3 Å². The van der Waals surface area contributed by atoms with Crippen molar-refractivity contribution in [2.45, 2.75) is 105 Å². The molecule has 0 bridgehead atoms. The van der Waals surface area contributed by atoms with E-state index >= 15 is 0 Å². The minimum Gasteiger partial charge on any atom is -0.311 e. The lowest BCUT2D eigenvalue weighted by Crippen LogP contribution is -2.61. The maximum Gasteiger partial charge on any atom is 0.252 e. The summed E-state index contributed by atoms with van der Waals surface area (Å²) in [4.78, 5) is 16.8. The highest BCUT2D eigenvalue weighted by Crippen LogP contribution is 2.48. The van der Waals surface area contributed by atoms with Crippen LogP contribution in [-0.4, -0.2) is 16.7 Å². The molecule has 0 spiro atoms. The third-order valence-electron chi connectivity index (χ3n) is 18.2. The lowest BCUT2D eigenvalue weighted by Gasteiger charge is -2.44. The lowest BCUT2D eigenvalue weighted by atomic mass is 9.33. The summed E-state index contributed by atoms with van der Waals surface area (Å²) in [5.74, 6) is 0.669. The van der Waals surface area contributed by atoms with Gasteiger partial charge in [-0.25, -0.2) is 9.97 Å². The van der Waals surface area contributed by atoms with E-state index in [1.807, 2.05) is 0 Å². The van der Waals surface area contributed by atoms with Crippen molar-refractivity contribution in [2.24, 2.45) is 0 Å². The third kappa shape index (κ3) is 10.2. The van der Waals surface area contributed by atoms with Gasteiger partial charge in [0.25, 0.3) is 6.71 Å². The molecule has 0 aliphatic carbocycles. The Morgan fingerprint density at radius 2 is 0.598 bits per heavy atom. The van der Waals surface area contributed by atoms with Crippen LogP contribution in [0.5, 0.6) is 0 Å². The summed E-state index contributed by atoms with van der Waals surface area (Å²) in [5.41, 5.74) is 24.7.